The molecule has 2 heterocycles. The first kappa shape index (κ1) is 12.6. The lowest BCUT2D eigenvalue weighted by atomic mass is 9.93. The number of rotatable bonds is 4. The summed E-state index contributed by atoms with van der Waals surface area (Å²) in [6.45, 7) is 1.27. The molecule has 0 spiro atoms. The summed E-state index contributed by atoms with van der Waals surface area (Å²) in [6.07, 6.45) is 3.42. The highest BCUT2D eigenvalue weighted by Crippen LogP contribution is 2.20. The molecule has 1 fully saturated rings. The van der Waals surface area contributed by atoms with E-state index in [1.54, 1.807) is 11.0 Å². The average Bonchev–Trinajstić information content (AvgIpc) is 2.82. The van der Waals surface area contributed by atoms with Gasteiger partial charge in [0, 0.05) is 25.6 Å². The Morgan fingerprint density at radius 1 is 1.44 bits per heavy atom. The van der Waals surface area contributed by atoms with Crippen molar-refractivity contribution in [1.82, 2.24) is 10.1 Å². The molecule has 0 unspecified atom stereocenters. The van der Waals surface area contributed by atoms with Crippen LogP contribution in [0, 0.1) is 5.92 Å². The van der Waals surface area contributed by atoms with Crippen LogP contribution < -0.4 is 0 Å². The zero-order chi connectivity index (χ0) is 13.0. The number of amides is 1. The fraction of sp³-hybridized carbons (Fsp3) is 0.583. The molecule has 0 atom stereocenters. The van der Waals surface area contributed by atoms with Gasteiger partial charge in [-0.15, -0.1) is 0 Å². The zero-order valence-corrected chi connectivity index (χ0v) is 10.0. The number of aliphatic carboxylic acids is 1. The van der Waals surface area contributed by atoms with Crippen molar-refractivity contribution < 1.29 is 19.2 Å². The standard InChI is InChI=1S/C12H16N2O4/c15-11(8-10-3-6-18-13-10)14-4-1-9(2-5-14)7-12(16)17/h3,6,9H,1-2,4-5,7-8H2,(H,16,17). The molecule has 1 saturated heterocycles. The number of piperidine rings is 1. The Morgan fingerprint density at radius 2 is 2.17 bits per heavy atom. The van der Waals surface area contributed by atoms with Gasteiger partial charge in [0.2, 0.25) is 5.91 Å². The summed E-state index contributed by atoms with van der Waals surface area (Å²) >= 11 is 0. The van der Waals surface area contributed by atoms with Crippen molar-refractivity contribution >= 4 is 11.9 Å². The number of hydrogen-bond acceptors (Lipinski definition) is 4. The number of nitrogens with zero attached hydrogens (tertiary/aromatic N) is 2. The van der Waals surface area contributed by atoms with E-state index in [2.05, 4.69) is 9.68 Å². The molecule has 1 amide bonds. The summed E-state index contributed by atoms with van der Waals surface area (Å²) in [5.41, 5.74) is 0.632. The Kier molecular flexibility index (Phi) is 3.96. The van der Waals surface area contributed by atoms with Gasteiger partial charge in [-0.05, 0) is 18.8 Å². The van der Waals surface area contributed by atoms with Crippen LogP contribution in [0.4, 0.5) is 0 Å². The predicted octanol–water partition coefficient (Wildman–Crippen LogP) is 0.930. The SMILES string of the molecule is O=C(O)CC1CCN(C(=O)Cc2ccon2)CC1. The Balaban J connectivity index is 1.79. The number of carboxylic acid groups (broad SMARTS) is 1. The first-order valence-corrected chi connectivity index (χ1v) is 6.04. The molecular weight excluding hydrogens is 236 g/mol. The third kappa shape index (κ3) is 3.32. The minimum Gasteiger partial charge on any atom is -0.481 e. The van der Waals surface area contributed by atoms with Crippen LogP contribution in [-0.2, 0) is 16.0 Å². The fourth-order valence-electron chi connectivity index (χ4n) is 2.23. The summed E-state index contributed by atoms with van der Waals surface area (Å²) in [4.78, 5) is 24.3. The van der Waals surface area contributed by atoms with Crippen LogP contribution in [0.5, 0.6) is 0 Å². The van der Waals surface area contributed by atoms with Gasteiger partial charge in [0.1, 0.15) is 6.26 Å². The molecule has 2 rings (SSSR count). The molecule has 1 aromatic rings. The minimum absolute atomic E-state index is 0.0256. The number of hydrogen-bond donors (Lipinski definition) is 1. The van der Waals surface area contributed by atoms with E-state index >= 15 is 0 Å². The lowest BCUT2D eigenvalue weighted by molar-refractivity contribution is -0.138. The first-order valence-electron chi connectivity index (χ1n) is 6.04. The molecule has 18 heavy (non-hydrogen) atoms. The van der Waals surface area contributed by atoms with Crippen LogP contribution >= 0.6 is 0 Å². The smallest absolute Gasteiger partial charge is 0.303 e. The van der Waals surface area contributed by atoms with Crippen LogP contribution in [-0.4, -0.2) is 40.1 Å². The van der Waals surface area contributed by atoms with Crippen LogP contribution in [0.3, 0.4) is 0 Å². The number of carboxylic acids is 1. The highest BCUT2D eigenvalue weighted by molar-refractivity contribution is 5.78. The quantitative estimate of drug-likeness (QED) is 0.861. The minimum atomic E-state index is -0.762. The predicted molar refractivity (Wildman–Crippen MR) is 61.8 cm³/mol. The van der Waals surface area contributed by atoms with Crippen LogP contribution in [0.1, 0.15) is 25.0 Å². The van der Waals surface area contributed by atoms with Crippen molar-refractivity contribution in [2.45, 2.75) is 25.7 Å². The Hall–Kier alpha value is -1.85. The summed E-state index contributed by atoms with van der Waals surface area (Å²) in [6, 6.07) is 1.68. The fourth-order valence-corrected chi connectivity index (χ4v) is 2.23. The second-order valence-corrected chi connectivity index (χ2v) is 4.59. The maximum absolute atomic E-state index is 11.9. The second kappa shape index (κ2) is 5.66. The summed E-state index contributed by atoms with van der Waals surface area (Å²) in [5, 5.41) is 12.4. The lowest BCUT2D eigenvalue weighted by Crippen LogP contribution is -2.39. The molecule has 6 heteroatoms. The van der Waals surface area contributed by atoms with Crippen LogP contribution in [0.15, 0.2) is 16.9 Å². The Labute approximate surface area is 105 Å². The van der Waals surface area contributed by atoms with Gasteiger partial charge in [0.05, 0.1) is 12.1 Å². The number of likely N-dealkylation sites (tertiary alicyclic amines) is 1. The average molecular weight is 252 g/mol. The molecule has 6 nitrogen and oxygen atoms in total. The number of carbonyl (C=O) groups is 2. The van der Waals surface area contributed by atoms with Crippen molar-refractivity contribution in [2.75, 3.05) is 13.1 Å². The molecule has 1 aliphatic heterocycles. The summed E-state index contributed by atoms with van der Waals surface area (Å²) in [7, 11) is 0. The maximum atomic E-state index is 11.9. The molecule has 0 radical (unpaired) electrons. The third-order valence-corrected chi connectivity index (χ3v) is 3.25. The van der Waals surface area contributed by atoms with Crippen molar-refractivity contribution in [1.29, 1.82) is 0 Å². The molecule has 0 aliphatic carbocycles. The van der Waals surface area contributed by atoms with E-state index < -0.39 is 5.97 Å². The molecule has 0 aromatic carbocycles. The number of carbonyl (C=O) groups excluding carboxylic acids is 1. The molecule has 1 aliphatic rings. The lowest BCUT2D eigenvalue weighted by Gasteiger charge is -2.31. The van der Waals surface area contributed by atoms with E-state index in [0.29, 0.717) is 18.8 Å². The maximum Gasteiger partial charge on any atom is 0.303 e. The highest BCUT2D eigenvalue weighted by Gasteiger charge is 2.24. The first-order chi connectivity index (χ1) is 8.65. The van der Waals surface area contributed by atoms with Gasteiger partial charge in [-0.3, -0.25) is 9.59 Å². The van der Waals surface area contributed by atoms with Gasteiger partial charge in [0.15, 0.2) is 0 Å². The van der Waals surface area contributed by atoms with Crippen LogP contribution in [0.25, 0.3) is 0 Å². The third-order valence-electron chi connectivity index (χ3n) is 3.25. The van der Waals surface area contributed by atoms with E-state index in [1.807, 2.05) is 0 Å². The monoisotopic (exact) mass is 252 g/mol. The van der Waals surface area contributed by atoms with Gasteiger partial charge < -0.3 is 14.5 Å². The van der Waals surface area contributed by atoms with Gasteiger partial charge >= 0.3 is 5.97 Å². The van der Waals surface area contributed by atoms with E-state index in [-0.39, 0.29) is 24.7 Å². The molecular formula is C12H16N2O4. The summed E-state index contributed by atoms with van der Waals surface area (Å²) in [5.74, 6) is -0.543. The Morgan fingerprint density at radius 3 is 2.72 bits per heavy atom. The highest BCUT2D eigenvalue weighted by atomic mass is 16.5. The van der Waals surface area contributed by atoms with Gasteiger partial charge in [-0.25, -0.2) is 0 Å². The van der Waals surface area contributed by atoms with E-state index in [1.165, 1.54) is 6.26 Å². The topological polar surface area (TPSA) is 83.6 Å². The molecule has 98 valence electrons. The molecule has 1 N–H and O–H groups in total. The van der Waals surface area contributed by atoms with Crippen LogP contribution in [0.2, 0.25) is 0 Å². The largest absolute Gasteiger partial charge is 0.481 e. The summed E-state index contributed by atoms with van der Waals surface area (Å²) < 4.78 is 4.68. The van der Waals surface area contributed by atoms with E-state index in [4.69, 9.17) is 5.11 Å². The van der Waals surface area contributed by atoms with Crippen molar-refractivity contribution in [3.63, 3.8) is 0 Å². The Bertz CT molecular complexity index is 408. The van der Waals surface area contributed by atoms with Crippen molar-refractivity contribution in [2.24, 2.45) is 5.92 Å². The van der Waals surface area contributed by atoms with Crippen molar-refractivity contribution in [3.8, 4) is 0 Å². The zero-order valence-electron chi connectivity index (χ0n) is 10.0. The molecule has 0 saturated carbocycles. The van der Waals surface area contributed by atoms with Gasteiger partial charge in [-0.1, -0.05) is 5.16 Å². The van der Waals surface area contributed by atoms with Gasteiger partial charge in [0.25, 0.3) is 0 Å². The van der Waals surface area contributed by atoms with Gasteiger partial charge in [-0.2, -0.15) is 0 Å². The normalized spacial score (nSPS) is 16.8. The van der Waals surface area contributed by atoms with Crippen molar-refractivity contribution in [3.05, 3.63) is 18.0 Å². The molecule has 0 bridgehead atoms. The van der Waals surface area contributed by atoms with E-state index in [0.717, 1.165) is 12.8 Å². The van der Waals surface area contributed by atoms with E-state index in [9.17, 15) is 9.59 Å². The molecule has 1 aromatic heterocycles. The second-order valence-electron chi connectivity index (χ2n) is 4.59. The number of aromatic nitrogens is 1.